The molecule has 0 radical (unpaired) electrons. The molecule has 3 heterocycles. The molecule has 2 amide bonds. The van der Waals surface area contributed by atoms with Crippen molar-refractivity contribution in [2.75, 3.05) is 12.4 Å². The van der Waals surface area contributed by atoms with Crippen LogP contribution in [0.1, 0.15) is 46.1 Å². The molecule has 0 saturated heterocycles. The van der Waals surface area contributed by atoms with E-state index in [-0.39, 0.29) is 17.9 Å². The summed E-state index contributed by atoms with van der Waals surface area (Å²) >= 11 is 1.86. The lowest BCUT2D eigenvalue weighted by molar-refractivity contribution is 0.194. The Morgan fingerprint density at radius 3 is 2.71 bits per heavy atom. The Bertz CT molecular complexity index is 1390. The average molecular weight is 488 g/mol. The van der Waals surface area contributed by atoms with Crippen LogP contribution in [0.3, 0.4) is 0 Å². The first-order chi connectivity index (χ1) is 17.1. The van der Waals surface area contributed by atoms with Crippen molar-refractivity contribution in [2.45, 2.75) is 38.3 Å². The van der Waals surface area contributed by atoms with Crippen LogP contribution >= 0.6 is 11.3 Å². The number of thiophene rings is 1. The molecule has 0 saturated carbocycles. The van der Waals surface area contributed by atoms with Crippen LogP contribution in [0.5, 0.6) is 5.75 Å². The number of methoxy groups -OCH3 is 1. The number of rotatable bonds is 3. The molecule has 6 rings (SSSR count). The van der Waals surface area contributed by atoms with Crippen molar-refractivity contribution in [2.24, 2.45) is 0 Å². The second-order valence-electron chi connectivity index (χ2n) is 9.04. The molecule has 5 nitrogen and oxygen atoms in total. The van der Waals surface area contributed by atoms with Crippen molar-refractivity contribution < 1.29 is 13.9 Å². The zero-order valence-corrected chi connectivity index (χ0v) is 20.3. The Hall–Kier alpha value is -3.58. The highest BCUT2D eigenvalue weighted by Crippen LogP contribution is 2.44. The number of fused-ring (bicyclic) bond motifs is 5. The predicted molar refractivity (Wildman–Crippen MR) is 136 cm³/mol. The summed E-state index contributed by atoms with van der Waals surface area (Å²) in [5, 5.41) is 4.21. The van der Waals surface area contributed by atoms with Crippen LogP contribution in [0, 0.1) is 5.82 Å². The number of hydrogen-bond donors (Lipinski definition) is 1. The molecule has 4 aromatic rings. The molecule has 0 bridgehead atoms. The molecule has 0 fully saturated rings. The van der Waals surface area contributed by atoms with E-state index < -0.39 is 0 Å². The second-order valence-corrected chi connectivity index (χ2v) is 10.1. The fourth-order valence-corrected chi connectivity index (χ4v) is 6.68. The van der Waals surface area contributed by atoms with E-state index in [1.165, 1.54) is 46.0 Å². The standard InChI is InChI=1S/C28H26FN3O2S/c1-34-21-7-4-6-18(16-21)26-24-9-5-15-31(24)27-23(22-8-2-3-10-25(22)35-27)17-32(26)28(33)30-20-13-11-19(29)12-14-20/h4-7,9,11-16,26H,2-3,8,10,17H2,1H3,(H,30,33)/t26-/m0/s1. The molecule has 1 aliphatic heterocycles. The summed E-state index contributed by atoms with van der Waals surface area (Å²) in [5.74, 6) is 0.412. The average Bonchev–Trinajstić information content (AvgIpc) is 3.47. The van der Waals surface area contributed by atoms with E-state index in [9.17, 15) is 9.18 Å². The summed E-state index contributed by atoms with van der Waals surface area (Å²) in [6, 6.07) is 17.4. The Labute approximate surface area is 207 Å². The molecule has 0 spiro atoms. The fourth-order valence-electron chi connectivity index (χ4n) is 5.28. The highest BCUT2D eigenvalue weighted by molar-refractivity contribution is 7.15. The van der Waals surface area contributed by atoms with E-state index in [1.54, 1.807) is 19.2 Å². The second kappa shape index (κ2) is 8.89. The van der Waals surface area contributed by atoms with Gasteiger partial charge in [-0.2, -0.15) is 0 Å². The molecule has 178 valence electrons. The smallest absolute Gasteiger partial charge is 0.322 e. The van der Waals surface area contributed by atoms with Crippen molar-refractivity contribution in [3.05, 3.63) is 99.9 Å². The Morgan fingerprint density at radius 2 is 1.89 bits per heavy atom. The van der Waals surface area contributed by atoms with Crippen LogP contribution in [0.25, 0.3) is 5.00 Å². The first kappa shape index (κ1) is 21.9. The number of carbonyl (C=O) groups is 1. The SMILES string of the molecule is COc1cccc([C@H]2c3cccn3-c3sc4c(c3CN2C(=O)Nc2ccc(F)cc2)CCCC4)c1. The Balaban J connectivity index is 1.50. The minimum atomic E-state index is -0.334. The number of benzene rings is 2. The normalized spacial score (nSPS) is 16.6. The Morgan fingerprint density at radius 1 is 1.06 bits per heavy atom. The number of hydrogen-bond acceptors (Lipinski definition) is 3. The maximum atomic E-state index is 13.9. The number of ether oxygens (including phenoxy) is 1. The summed E-state index contributed by atoms with van der Waals surface area (Å²) in [7, 11) is 1.65. The summed E-state index contributed by atoms with van der Waals surface area (Å²) in [4.78, 5) is 17.2. The van der Waals surface area contributed by atoms with Gasteiger partial charge in [-0.3, -0.25) is 0 Å². The van der Waals surface area contributed by atoms with Crippen LogP contribution in [0.2, 0.25) is 0 Å². The molecule has 1 aliphatic carbocycles. The van der Waals surface area contributed by atoms with Crippen LogP contribution in [-0.2, 0) is 19.4 Å². The van der Waals surface area contributed by atoms with Crippen molar-refractivity contribution >= 4 is 23.1 Å². The summed E-state index contributed by atoms with van der Waals surface area (Å²) in [6.45, 7) is 0.498. The molecule has 1 atom stereocenters. The van der Waals surface area contributed by atoms with Gasteiger partial charge in [-0.1, -0.05) is 12.1 Å². The predicted octanol–water partition coefficient (Wildman–Crippen LogP) is 6.70. The number of nitrogens with one attached hydrogen (secondary N) is 1. The van der Waals surface area contributed by atoms with Gasteiger partial charge < -0.3 is 19.5 Å². The summed E-state index contributed by atoms with van der Waals surface area (Å²) < 4.78 is 21.2. The number of anilines is 1. The van der Waals surface area contributed by atoms with Gasteiger partial charge in [0, 0.05) is 22.3 Å². The van der Waals surface area contributed by atoms with E-state index >= 15 is 0 Å². The van der Waals surface area contributed by atoms with E-state index in [4.69, 9.17) is 4.74 Å². The van der Waals surface area contributed by atoms with Gasteiger partial charge in [-0.15, -0.1) is 11.3 Å². The third-order valence-electron chi connectivity index (χ3n) is 6.94. The summed E-state index contributed by atoms with van der Waals surface area (Å²) in [5.41, 5.74) is 5.21. The lowest BCUT2D eigenvalue weighted by Gasteiger charge is -2.31. The quantitative estimate of drug-likeness (QED) is 0.349. The molecule has 0 unspecified atom stereocenters. The monoisotopic (exact) mass is 487 g/mol. The first-order valence-corrected chi connectivity index (χ1v) is 12.7. The molecular formula is C28H26FN3O2S. The van der Waals surface area contributed by atoms with Gasteiger partial charge in [0.15, 0.2) is 0 Å². The highest BCUT2D eigenvalue weighted by atomic mass is 32.1. The van der Waals surface area contributed by atoms with Crippen LogP contribution < -0.4 is 10.1 Å². The van der Waals surface area contributed by atoms with E-state index in [0.29, 0.717) is 12.2 Å². The number of amides is 2. The van der Waals surface area contributed by atoms with Crippen LogP contribution in [0.4, 0.5) is 14.9 Å². The van der Waals surface area contributed by atoms with E-state index in [2.05, 4.69) is 22.1 Å². The number of aromatic nitrogens is 1. The van der Waals surface area contributed by atoms with Crippen molar-refractivity contribution in [1.29, 1.82) is 0 Å². The first-order valence-electron chi connectivity index (χ1n) is 11.9. The topological polar surface area (TPSA) is 46.5 Å². The van der Waals surface area contributed by atoms with Crippen LogP contribution in [-0.4, -0.2) is 22.6 Å². The number of halogens is 1. The number of urea groups is 1. The van der Waals surface area contributed by atoms with Gasteiger partial charge in [0.2, 0.25) is 0 Å². The Kier molecular flexibility index (Phi) is 5.57. The number of aryl methyl sites for hydroxylation is 1. The lowest BCUT2D eigenvalue weighted by atomic mass is 9.95. The van der Waals surface area contributed by atoms with Crippen LogP contribution in [0.15, 0.2) is 66.9 Å². The highest BCUT2D eigenvalue weighted by Gasteiger charge is 2.36. The maximum Gasteiger partial charge on any atom is 0.322 e. The van der Waals surface area contributed by atoms with Gasteiger partial charge in [-0.25, -0.2) is 9.18 Å². The van der Waals surface area contributed by atoms with Crippen molar-refractivity contribution in [1.82, 2.24) is 9.47 Å². The number of carbonyl (C=O) groups excluding carboxylic acids is 1. The van der Waals surface area contributed by atoms with Crippen molar-refractivity contribution in [3.8, 4) is 10.8 Å². The van der Waals surface area contributed by atoms with E-state index in [1.807, 2.05) is 46.6 Å². The largest absolute Gasteiger partial charge is 0.497 e. The molecule has 2 aromatic heterocycles. The van der Waals surface area contributed by atoms with Gasteiger partial charge in [0.25, 0.3) is 0 Å². The van der Waals surface area contributed by atoms with Gasteiger partial charge in [0.1, 0.15) is 16.6 Å². The molecule has 2 aromatic carbocycles. The molecule has 2 aliphatic rings. The lowest BCUT2D eigenvalue weighted by Crippen LogP contribution is -2.38. The van der Waals surface area contributed by atoms with Gasteiger partial charge >= 0.3 is 6.03 Å². The third-order valence-corrected chi connectivity index (χ3v) is 8.28. The zero-order valence-electron chi connectivity index (χ0n) is 19.5. The summed E-state index contributed by atoms with van der Waals surface area (Å²) in [6.07, 6.45) is 6.65. The minimum Gasteiger partial charge on any atom is -0.497 e. The molecular weight excluding hydrogens is 461 g/mol. The fraction of sp³-hybridized carbons (Fsp3) is 0.250. The molecule has 35 heavy (non-hydrogen) atoms. The molecule has 1 N–H and O–H groups in total. The minimum absolute atomic E-state index is 0.221. The zero-order chi connectivity index (χ0) is 23.9. The van der Waals surface area contributed by atoms with Gasteiger partial charge in [-0.05, 0) is 85.3 Å². The van der Waals surface area contributed by atoms with E-state index in [0.717, 1.165) is 29.8 Å². The number of nitrogens with zero attached hydrogens (tertiary/aromatic N) is 2. The van der Waals surface area contributed by atoms with Crippen molar-refractivity contribution in [3.63, 3.8) is 0 Å². The third kappa shape index (κ3) is 3.90. The maximum absolute atomic E-state index is 13.9. The molecule has 7 heteroatoms. The van der Waals surface area contributed by atoms with Gasteiger partial charge in [0.05, 0.1) is 25.4 Å².